The lowest BCUT2D eigenvalue weighted by Gasteiger charge is -2.34. The second-order valence-electron chi connectivity index (χ2n) is 5.66. The van der Waals surface area contributed by atoms with Crippen molar-refractivity contribution in [3.8, 4) is 0 Å². The largest absolute Gasteiger partial charge is 0.335 e. The number of rotatable bonds is 3. The molecule has 1 saturated heterocycles. The third kappa shape index (κ3) is 3.77. The minimum atomic E-state index is 0.158. The second-order valence-corrected chi connectivity index (χ2v) is 8.12. The molecule has 0 spiro atoms. The molecular weight excluding hydrogens is 360 g/mol. The fraction of sp³-hybridized carbons (Fsp3) is 0.353. The Morgan fingerprint density at radius 3 is 2.59 bits per heavy atom. The first-order valence-corrected chi connectivity index (χ1v) is 9.05. The minimum absolute atomic E-state index is 0.158. The molecule has 0 aliphatic carbocycles. The van der Waals surface area contributed by atoms with Crippen LogP contribution in [0.3, 0.4) is 0 Å². The van der Waals surface area contributed by atoms with E-state index in [0.717, 1.165) is 41.4 Å². The van der Waals surface area contributed by atoms with Crippen LogP contribution in [0, 0.1) is 6.92 Å². The van der Waals surface area contributed by atoms with Crippen molar-refractivity contribution in [3.63, 3.8) is 0 Å². The summed E-state index contributed by atoms with van der Waals surface area (Å²) in [5.41, 5.74) is 2.65. The Morgan fingerprint density at radius 1 is 1.18 bits per heavy atom. The quantitative estimate of drug-likeness (QED) is 0.811. The van der Waals surface area contributed by atoms with E-state index in [-0.39, 0.29) is 5.91 Å². The maximum Gasteiger partial charge on any atom is 0.264 e. The summed E-state index contributed by atoms with van der Waals surface area (Å²) in [6, 6.07) is 12.5. The van der Waals surface area contributed by atoms with Crippen LogP contribution >= 0.6 is 27.3 Å². The number of thiophene rings is 1. The predicted molar refractivity (Wildman–Crippen MR) is 94.4 cm³/mol. The van der Waals surface area contributed by atoms with Gasteiger partial charge in [-0.05, 0) is 40.5 Å². The first kappa shape index (κ1) is 15.7. The highest BCUT2D eigenvalue weighted by atomic mass is 79.9. The molecule has 22 heavy (non-hydrogen) atoms. The highest BCUT2D eigenvalue weighted by molar-refractivity contribution is 9.11. The Labute approximate surface area is 143 Å². The monoisotopic (exact) mass is 378 g/mol. The van der Waals surface area contributed by atoms with E-state index in [1.807, 2.05) is 17.0 Å². The summed E-state index contributed by atoms with van der Waals surface area (Å²) >= 11 is 4.92. The molecule has 0 bridgehead atoms. The van der Waals surface area contributed by atoms with E-state index in [4.69, 9.17) is 0 Å². The van der Waals surface area contributed by atoms with Crippen LogP contribution in [0.25, 0.3) is 0 Å². The van der Waals surface area contributed by atoms with Gasteiger partial charge in [-0.25, -0.2) is 0 Å². The average molecular weight is 379 g/mol. The van der Waals surface area contributed by atoms with E-state index in [1.54, 1.807) is 0 Å². The van der Waals surface area contributed by atoms with Gasteiger partial charge in [-0.15, -0.1) is 11.3 Å². The molecule has 116 valence electrons. The lowest BCUT2D eigenvalue weighted by molar-refractivity contribution is 0.0633. The third-order valence-electron chi connectivity index (χ3n) is 3.93. The molecule has 1 aromatic carbocycles. The normalized spacial score (nSPS) is 16.0. The van der Waals surface area contributed by atoms with Crippen molar-refractivity contribution >= 4 is 33.2 Å². The summed E-state index contributed by atoms with van der Waals surface area (Å²) in [5, 5.41) is 0. The highest BCUT2D eigenvalue weighted by Crippen LogP contribution is 2.23. The van der Waals surface area contributed by atoms with Gasteiger partial charge in [-0.3, -0.25) is 9.69 Å². The van der Waals surface area contributed by atoms with Crippen molar-refractivity contribution in [2.45, 2.75) is 13.5 Å². The lowest BCUT2D eigenvalue weighted by Crippen LogP contribution is -2.48. The first-order valence-electron chi connectivity index (χ1n) is 7.44. The van der Waals surface area contributed by atoms with Crippen LogP contribution in [-0.4, -0.2) is 41.9 Å². The van der Waals surface area contributed by atoms with E-state index in [9.17, 15) is 4.79 Å². The van der Waals surface area contributed by atoms with Crippen LogP contribution in [0.4, 0.5) is 0 Å². The van der Waals surface area contributed by atoms with Crippen LogP contribution < -0.4 is 0 Å². The van der Waals surface area contributed by atoms with Crippen LogP contribution in [0.5, 0.6) is 0 Å². The summed E-state index contributed by atoms with van der Waals surface area (Å²) in [4.78, 5) is 17.6. The number of piperazine rings is 1. The Kier molecular flexibility index (Phi) is 4.96. The number of hydrogen-bond acceptors (Lipinski definition) is 3. The van der Waals surface area contributed by atoms with Crippen molar-refractivity contribution in [1.82, 2.24) is 9.80 Å². The molecule has 2 aromatic rings. The van der Waals surface area contributed by atoms with Gasteiger partial charge in [0.2, 0.25) is 0 Å². The van der Waals surface area contributed by atoms with E-state index < -0.39 is 0 Å². The predicted octanol–water partition coefficient (Wildman–Crippen LogP) is 3.78. The SMILES string of the molecule is Cc1cccc(CN2CCN(C(=O)c3ccc(Br)s3)CC2)c1. The molecule has 0 N–H and O–H groups in total. The second kappa shape index (κ2) is 6.94. The van der Waals surface area contributed by atoms with E-state index in [2.05, 4.69) is 52.0 Å². The van der Waals surface area contributed by atoms with Crippen molar-refractivity contribution in [2.75, 3.05) is 26.2 Å². The van der Waals surface area contributed by atoms with Gasteiger partial charge < -0.3 is 4.90 Å². The molecule has 0 unspecified atom stereocenters. The standard InChI is InChI=1S/C17H19BrN2OS/c1-13-3-2-4-14(11-13)12-19-7-9-20(10-8-19)17(21)15-5-6-16(18)22-15/h2-6,11H,7-10,12H2,1H3. The number of amides is 1. The minimum Gasteiger partial charge on any atom is -0.335 e. The summed E-state index contributed by atoms with van der Waals surface area (Å²) in [6.07, 6.45) is 0. The summed E-state index contributed by atoms with van der Waals surface area (Å²) < 4.78 is 1.01. The zero-order chi connectivity index (χ0) is 15.5. The lowest BCUT2D eigenvalue weighted by atomic mass is 10.1. The fourth-order valence-corrected chi connectivity index (χ4v) is 4.12. The molecule has 2 heterocycles. The Morgan fingerprint density at radius 2 is 1.95 bits per heavy atom. The molecule has 1 fully saturated rings. The van der Waals surface area contributed by atoms with Crippen molar-refractivity contribution in [2.24, 2.45) is 0 Å². The summed E-state index contributed by atoms with van der Waals surface area (Å²) in [7, 11) is 0. The Bertz CT molecular complexity index is 662. The molecule has 0 atom stereocenters. The smallest absolute Gasteiger partial charge is 0.264 e. The number of benzene rings is 1. The molecule has 1 aliphatic heterocycles. The Hall–Kier alpha value is -1.17. The van der Waals surface area contributed by atoms with Gasteiger partial charge in [0.25, 0.3) is 5.91 Å². The van der Waals surface area contributed by atoms with Crippen molar-refractivity contribution < 1.29 is 4.79 Å². The van der Waals surface area contributed by atoms with Gasteiger partial charge in [0.05, 0.1) is 8.66 Å². The van der Waals surface area contributed by atoms with Gasteiger partial charge in [0, 0.05) is 32.7 Å². The number of aryl methyl sites for hydroxylation is 1. The number of carbonyl (C=O) groups is 1. The number of nitrogens with zero attached hydrogens (tertiary/aromatic N) is 2. The maximum absolute atomic E-state index is 12.4. The van der Waals surface area contributed by atoms with Crippen LogP contribution in [-0.2, 0) is 6.54 Å². The van der Waals surface area contributed by atoms with Gasteiger partial charge in [0.1, 0.15) is 0 Å². The van der Waals surface area contributed by atoms with Gasteiger partial charge >= 0.3 is 0 Å². The molecule has 5 heteroatoms. The van der Waals surface area contributed by atoms with E-state index in [1.165, 1.54) is 22.5 Å². The fourth-order valence-electron chi connectivity index (χ4n) is 2.76. The van der Waals surface area contributed by atoms with E-state index >= 15 is 0 Å². The number of halogens is 1. The molecule has 1 aromatic heterocycles. The summed E-state index contributed by atoms with van der Waals surface area (Å²) in [6.45, 7) is 6.58. The zero-order valence-electron chi connectivity index (χ0n) is 12.6. The first-order chi connectivity index (χ1) is 10.6. The van der Waals surface area contributed by atoms with Crippen molar-refractivity contribution in [3.05, 3.63) is 56.2 Å². The van der Waals surface area contributed by atoms with E-state index in [0.29, 0.717) is 0 Å². The van der Waals surface area contributed by atoms with Crippen LogP contribution in [0.2, 0.25) is 0 Å². The molecule has 1 amide bonds. The number of hydrogen-bond donors (Lipinski definition) is 0. The topological polar surface area (TPSA) is 23.6 Å². The van der Waals surface area contributed by atoms with Gasteiger partial charge in [0.15, 0.2) is 0 Å². The molecule has 3 rings (SSSR count). The van der Waals surface area contributed by atoms with Gasteiger partial charge in [-0.1, -0.05) is 29.8 Å². The molecule has 1 aliphatic rings. The maximum atomic E-state index is 12.4. The van der Waals surface area contributed by atoms with Gasteiger partial charge in [-0.2, -0.15) is 0 Å². The highest BCUT2D eigenvalue weighted by Gasteiger charge is 2.23. The molecule has 3 nitrogen and oxygen atoms in total. The average Bonchev–Trinajstić information content (AvgIpc) is 2.94. The third-order valence-corrected chi connectivity index (χ3v) is 5.54. The van der Waals surface area contributed by atoms with Crippen LogP contribution in [0.1, 0.15) is 20.8 Å². The molecular formula is C17H19BrN2OS. The van der Waals surface area contributed by atoms with Crippen LogP contribution in [0.15, 0.2) is 40.2 Å². The molecule has 0 saturated carbocycles. The molecule has 0 radical (unpaired) electrons. The zero-order valence-corrected chi connectivity index (χ0v) is 15.0. The number of carbonyl (C=O) groups excluding carboxylic acids is 1. The summed E-state index contributed by atoms with van der Waals surface area (Å²) in [5.74, 6) is 0.158. The van der Waals surface area contributed by atoms with Crippen molar-refractivity contribution in [1.29, 1.82) is 0 Å². The Balaban J connectivity index is 1.55.